The van der Waals surface area contributed by atoms with Crippen molar-refractivity contribution in [3.63, 3.8) is 0 Å². The molecule has 3 aromatic rings. The highest BCUT2D eigenvalue weighted by Gasteiger charge is 2.40. The smallest absolute Gasteiger partial charge is 0.245 e. The highest BCUT2D eigenvalue weighted by Crippen LogP contribution is 2.37. The molecule has 29 heavy (non-hydrogen) atoms. The molecule has 0 N–H and O–H groups in total. The maximum Gasteiger partial charge on any atom is 0.245 e. The van der Waals surface area contributed by atoms with Crippen molar-refractivity contribution in [2.75, 3.05) is 6.54 Å². The van der Waals surface area contributed by atoms with Crippen LogP contribution in [0.2, 0.25) is 5.02 Å². The minimum absolute atomic E-state index is 0.317. The van der Waals surface area contributed by atoms with E-state index in [4.69, 9.17) is 16.1 Å². The molecule has 2 heterocycles. The Hall–Kier alpha value is -2.22. The van der Waals surface area contributed by atoms with Crippen LogP contribution in [0.1, 0.15) is 41.5 Å². The molecule has 8 heteroatoms. The Kier molecular flexibility index (Phi) is 5.23. The fourth-order valence-corrected chi connectivity index (χ4v) is 5.77. The molecular formula is C21H22ClN3O3S. The van der Waals surface area contributed by atoms with Crippen molar-refractivity contribution in [3.8, 4) is 11.4 Å². The summed E-state index contributed by atoms with van der Waals surface area (Å²) in [6, 6.07) is 10.3. The summed E-state index contributed by atoms with van der Waals surface area (Å²) < 4.78 is 33.8. The zero-order chi connectivity index (χ0) is 20.8. The lowest BCUT2D eigenvalue weighted by Gasteiger charge is -2.23. The molecule has 0 saturated carbocycles. The minimum Gasteiger partial charge on any atom is -0.337 e. The van der Waals surface area contributed by atoms with Crippen molar-refractivity contribution in [1.82, 2.24) is 14.4 Å². The maximum atomic E-state index is 13.4. The van der Waals surface area contributed by atoms with Gasteiger partial charge in [0.25, 0.3) is 0 Å². The summed E-state index contributed by atoms with van der Waals surface area (Å²) in [7, 11) is -3.68. The molecule has 1 atom stereocenters. The van der Waals surface area contributed by atoms with Crippen molar-refractivity contribution >= 4 is 21.6 Å². The van der Waals surface area contributed by atoms with E-state index in [0.717, 1.165) is 28.7 Å². The van der Waals surface area contributed by atoms with Gasteiger partial charge in [-0.1, -0.05) is 22.8 Å². The topological polar surface area (TPSA) is 76.3 Å². The van der Waals surface area contributed by atoms with E-state index in [1.54, 1.807) is 30.3 Å². The largest absolute Gasteiger partial charge is 0.337 e. The number of benzene rings is 2. The van der Waals surface area contributed by atoms with Gasteiger partial charge in [0.05, 0.1) is 4.90 Å². The zero-order valence-electron chi connectivity index (χ0n) is 16.5. The average Bonchev–Trinajstić information content (AvgIpc) is 3.34. The third kappa shape index (κ3) is 3.70. The molecule has 1 aliphatic heterocycles. The molecule has 6 nitrogen and oxygen atoms in total. The van der Waals surface area contributed by atoms with Crippen molar-refractivity contribution in [2.45, 2.75) is 44.6 Å². The van der Waals surface area contributed by atoms with Crippen LogP contribution in [0.25, 0.3) is 11.4 Å². The number of aryl methyl sites for hydroxylation is 3. The first-order valence-electron chi connectivity index (χ1n) is 9.46. The van der Waals surface area contributed by atoms with Gasteiger partial charge in [0.15, 0.2) is 0 Å². The fourth-order valence-electron chi connectivity index (χ4n) is 3.70. The molecule has 4 rings (SSSR count). The molecule has 1 aliphatic rings. The Morgan fingerprint density at radius 2 is 1.76 bits per heavy atom. The molecule has 1 aromatic heterocycles. The Morgan fingerprint density at radius 1 is 1.07 bits per heavy atom. The van der Waals surface area contributed by atoms with Gasteiger partial charge in [0.2, 0.25) is 21.7 Å². The molecule has 0 radical (unpaired) electrons. The van der Waals surface area contributed by atoms with Gasteiger partial charge in [-0.05, 0) is 80.6 Å². The number of hydrogen-bond donors (Lipinski definition) is 0. The van der Waals surface area contributed by atoms with Crippen LogP contribution in [-0.4, -0.2) is 29.4 Å². The van der Waals surface area contributed by atoms with Crippen molar-refractivity contribution in [3.05, 3.63) is 64.0 Å². The Labute approximate surface area is 175 Å². The van der Waals surface area contributed by atoms with Crippen LogP contribution in [0.4, 0.5) is 0 Å². The lowest BCUT2D eigenvalue weighted by atomic mass is 10.1. The van der Waals surface area contributed by atoms with Crippen LogP contribution in [0.15, 0.2) is 45.8 Å². The molecular weight excluding hydrogens is 410 g/mol. The number of aromatic nitrogens is 2. The standard InChI is InChI=1S/C21H22ClN3O3S/c1-13-11-15(3)19(12-14(13)2)29(26,27)25-10-4-5-18(25)21-23-20(24-28-21)16-6-8-17(22)9-7-16/h6-9,11-12,18H,4-5,10H2,1-3H3. The van der Waals surface area contributed by atoms with Gasteiger partial charge >= 0.3 is 0 Å². The van der Waals surface area contributed by atoms with E-state index in [9.17, 15) is 8.42 Å². The number of halogens is 1. The monoisotopic (exact) mass is 431 g/mol. The van der Waals surface area contributed by atoms with Gasteiger partial charge in [0, 0.05) is 17.1 Å². The first-order valence-corrected chi connectivity index (χ1v) is 11.3. The lowest BCUT2D eigenvalue weighted by Crippen LogP contribution is -2.31. The molecule has 1 saturated heterocycles. The van der Waals surface area contributed by atoms with E-state index in [-0.39, 0.29) is 0 Å². The van der Waals surface area contributed by atoms with Gasteiger partial charge < -0.3 is 4.52 Å². The van der Waals surface area contributed by atoms with Crippen molar-refractivity contribution in [2.24, 2.45) is 0 Å². The Bertz CT molecular complexity index is 1160. The third-order valence-electron chi connectivity index (χ3n) is 5.41. The van der Waals surface area contributed by atoms with Gasteiger partial charge in [-0.15, -0.1) is 0 Å². The second-order valence-corrected chi connectivity index (χ2v) is 9.73. The van der Waals surface area contributed by atoms with Gasteiger partial charge in [-0.3, -0.25) is 0 Å². The molecule has 152 valence electrons. The normalized spacial score (nSPS) is 17.7. The van der Waals surface area contributed by atoms with Crippen LogP contribution in [0.3, 0.4) is 0 Å². The molecule has 0 aliphatic carbocycles. The van der Waals surface area contributed by atoms with E-state index in [0.29, 0.717) is 34.6 Å². The lowest BCUT2D eigenvalue weighted by molar-refractivity contribution is 0.290. The summed E-state index contributed by atoms with van der Waals surface area (Å²) in [6.07, 6.45) is 1.39. The predicted molar refractivity (Wildman–Crippen MR) is 111 cm³/mol. The van der Waals surface area contributed by atoms with Crippen molar-refractivity contribution < 1.29 is 12.9 Å². The van der Waals surface area contributed by atoms with Gasteiger partial charge in [0.1, 0.15) is 6.04 Å². The van der Waals surface area contributed by atoms with E-state index >= 15 is 0 Å². The molecule has 1 unspecified atom stereocenters. The first-order chi connectivity index (χ1) is 13.8. The number of rotatable bonds is 4. The quantitative estimate of drug-likeness (QED) is 0.590. The van der Waals surface area contributed by atoms with Gasteiger partial charge in [-0.2, -0.15) is 9.29 Å². The van der Waals surface area contributed by atoms with Crippen LogP contribution in [0.5, 0.6) is 0 Å². The maximum absolute atomic E-state index is 13.4. The molecule has 0 spiro atoms. The van der Waals surface area contributed by atoms with E-state index in [1.165, 1.54) is 4.31 Å². The third-order valence-corrected chi connectivity index (χ3v) is 7.71. The highest BCUT2D eigenvalue weighted by molar-refractivity contribution is 7.89. The second kappa shape index (κ2) is 7.55. The summed E-state index contributed by atoms with van der Waals surface area (Å²) >= 11 is 5.93. The molecule has 0 bridgehead atoms. The van der Waals surface area contributed by atoms with E-state index in [1.807, 2.05) is 26.8 Å². The molecule has 1 fully saturated rings. The fraction of sp³-hybridized carbons (Fsp3) is 0.333. The van der Waals surface area contributed by atoms with E-state index < -0.39 is 16.1 Å². The molecule has 2 aromatic carbocycles. The Morgan fingerprint density at radius 3 is 2.48 bits per heavy atom. The van der Waals surface area contributed by atoms with Crippen molar-refractivity contribution in [1.29, 1.82) is 0 Å². The summed E-state index contributed by atoms with van der Waals surface area (Å²) in [4.78, 5) is 4.81. The highest BCUT2D eigenvalue weighted by atomic mass is 35.5. The Balaban J connectivity index is 1.68. The summed E-state index contributed by atoms with van der Waals surface area (Å²) in [5, 5.41) is 4.66. The summed E-state index contributed by atoms with van der Waals surface area (Å²) in [5.74, 6) is 0.737. The molecule has 0 amide bonds. The van der Waals surface area contributed by atoms with Crippen LogP contribution >= 0.6 is 11.6 Å². The van der Waals surface area contributed by atoms with Crippen LogP contribution < -0.4 is 0 Å². The van der Waals surface area contributed by atoms with E-state index in [2.05, 4.69) is 10.1 Å². The zero-order valence-corrected chi connectivity index (χ0v) is 18.1. The van der Waals surface area contributed by atoms with Crippen LogP contribution in [0, 0.1) is 20.8 Å². The van der Waals surface area contributed by atoms with Crippen LogP contribution in [-0.2, 0) is 10.0 Å². The summed E-state index contributed by atoms with van der Waals surface area (Å²) in [5.41, 5.74) is 3.53. The SMILES string of the molecule is Cc1cc(C)c(S(=O)(=O)N2CCCC2c2nc(-c3ccc(Cl)cc3)no2)cc1C. The number of sulfonamides is 1. The summed E-state index contributed by atoms with van der Waals surface area (Å²) in [6.45, 7) is 6.16. The number of nitrogens with zero attached hydrogens (tertiary/aromatic N) is 3. The predicted octanol–water partition coefficient (Wildman–Crippen LogP) is 4.84. The average molecular weight is 432 g/mol. The first kappa shape index (κ1) is 20.1. The second-order valence-electron chi connectivity index (χ2n) is 7.44. The number of hydrogen-bond acceptors (Lipinski definition) is 5. The van der Waals surface area contributed by atoms with Gasteiger partial charge in [-0.25, -0.2) is 8.42 Å². The minimum atomic E-state index is -3.68.